The van der Waals surface area contributed by atoms with E-state index in [4.69, 9.17) is 0 Å². The second-order valence-electron chi connectivity index (χ2n) is 12.3. The Morgan fingerprint density at radius 3 is 0.921 bits per heavy atom. The van der Waals surface area contributed by atoms with Crippen LogP contribution in [0.2, 0.25) is 0 Å². The first kappa shape index (κ1) is 39.6. The minimum atomic E-state index is -0.913. The average Bonchev–Trinajstić information content (AvgIpc) is 2.90. The molecule has 0 aliphatic carbocycles. The van der Waals surface area contributed by atoms with Crippen LogP contribution in [0.25, 0.3) is 0 Å². The van der Waals surface area contributed by atoms with E-state index in [0.717, 1.165) is 12.8 Å². The number of carboxylic acid groups (broad SMARTS) is 1. The van der Waals surface area contributed by atoms with Crippen molar-refractivity contribution in [2.75, 3.05) is 26.7 Å². The van der Waals surface area contributed by atoms with Crippen LogP contribution in [0.4, 0.5) is 0 Å². The maximum atomic E-state index is 10.0. The van der Waals surface area contributed by atoms with Crippen molar-refractivity contribution in [1.82, 2.24) is 0 Å². The number of quaternary nitrogens is 1. The molecule has 0 radical (unpaired) electrons. The van der Waals surface area contributed by atoms with E-state index in [1.165, 1.54) is 172 Å². The quantitative estimate of drug-likeness (QED) is 0.0700. The summed E-state index contributed by atoms with van der Waals surface area (Å²) in [6, 6.07) is 0. The van der Waals surface area contributed by atoms with Crippen molar-refractivity contribution in [2.24, 2.45) is 0 Å². The van der Waals surface area contributed by atoms with Gasteiger partial charge in [-0.3, -0.25) is 0 Å². The van der Waals surface area contributed by atoms with E-state index in [1.807, 2.05) is 0 Å². The van der Waals surface area contributed by atoms with Gasteiger partial charge in [-0.2, -0.15) is 0 Å². The molecule has 230 valence electrons. The first-order chi connectivity index (χ1) is 18.5. The van der Waals surface area contributed by atoms with Crippen LogP contribution in [0.15, 0.2) is 0 Å². The highest BCUT2D eigenvalue weighted by molar-refractivity contribution is 5.64. The molecular weight excluding hydrogens is 466 g/mol. The Morgan fingerprint density at radius 2 is 0.658 bits per heavy atom. The topological polar surface area (TPSA) is 40.1 Å². The van der Waals surface area contributed by atoms with Gasteiger partial charge >= 0.3 is 0 Å². The Morgan fingerprint density at radius 1 is 0.421 bits per heavy atom. The fourth-order valence-electron chi connectivity index (χ4n) is 5.38. The minimum absolute atomic E-state index is 0.230. The highest BCUT2D eigenvalue weighted by atomic mass is 16.4. The maximum absolute atomic E-state index is 10.0. The van der Waals surface area contributed by atoms with Crippen LogP contribution in [0.5, 0.6) is 0 Å². The zero-order chi connectivity index (χ0) is 28.6. The van der Waals surface area contributed by atoms with E-state index in [1.54, 1.807) is 0 Å². The van der Waals surface area contributed by atoms with Crippen LogP contribution >= 0.6 is 0 Å². The summed E-state index contributed by atoms with van der Waals surface area (Å²) >= 11 is 0. The lowest BCUT2D eigenvalue weighted by Crippen LogP contribution is -2.46. The molecule has 0 heterocycles. The number of hydrogen-bond acceptors (Lipinski definition) is 2. The third-order valence-electron chi connectivity index (χ3n) is 8.14. The van der Waals surface area contributed by atoms with Gasteiger partial charge in [-0.1, -0.05) is 143 Å². The van der Waals surface area contributed by atoms with E-state index in [9.17, 15) is 9.90 Å². The van der Waals surface area contributed by atoms with Crippen LogP contribution < -0.4 is 5.11 Å². The Kier molecular flexibility index (Phi) is 34.0. The number of hydrogen-bond donors (Lipinski definition) is 0. The Hall–Kier alpha value is -0.570. The summed E-state index contributed by atoms with van der Waals surface area (Å²) in [7, 11) is 2.56. The number of rotatable bonds is 29. The van der Waals surface area contributed by atoms with Gasteiger partial charge < -0.3 is 14.4 Å². The van der Waals surface area contributed by atoms with Crippen LogP contribution in [-0.2, 0) is 4.79 Å². The van der Waals surface area contributed by atoms with E-state index >= 15 is 0 Å². The van der Waals surface area contributed by atoms with Crippen LogP contribution in [0, 0.1) is 0 Å². The van der Waals surface area contributed by atoms with E-state index in [-0.39, 0.29) is 6.42 Å². The zero-order valence-electron chi connectivity index (χ0n) is 27.3. The van der Waals surface area contributed by atoms with Gasteiger partial charge in [-0.15, -0.1) is 0 Å². The van der Waals surface area contributed by atoms with Gasteiger partial charge in [0.2, 0.25) is 0 Å². The lowest BCUT2D eigenvalue weighted by atomic mass is 10.1. The number of carbonyl (C=O) groups is 1. The number of aliphatic carboxylic acids is 1. The summed E-state index contributed by atoms with van der Waals surface area (Å²) in [5, 5.41) is 10.0. The lowest BCUT2D eigenvalue weighted by molar-refractivity contribution is -0.910. The number of carboxylic acids is 1. The molecular formula is C35H73NO2. The normalized spacial score (nSPS) is 11.4. The van der Waals surface area contributed by atoms with Crippen molar-refractivity contribution in [2.45, 2.75) is 195 Å². The third kappa shape index (κ3) is 33.5. The molecule has 0 aromatic rings. The smallest absolute Gasteiger partial charge is 0.0784 e. The van der Waals surface area contributed by atoms with Gasteiger partial charge in [0.1, 0.15) is 0 Å². The predicted molar refractivity (Wildman–Crippen MR) is 169 cm³/mol. The monoisotopic (exact) mass is 540 g/mol. The van der Waals surface area contributed by atoms with Gasteiger partial charge in [0.25, 0.3) is 0 Å². The molecule has 0 saturated carbocycles. The van der Waals surface area contributed by atoms with Crippen LogP contribution in [0.1, 0.15) is 195 Å². The number of unbranched alkanes of at least 4 members (excludes halogenated alkanes) is 21. The summed E-state index contributed by atoms with van der Waals surface area (Å²) in [6.07, 6.45) is 34.2. The lowest BCUT2D eigenvalue weighted by Gasteiger charge is -2.35. The van der Waals surface area contributed by atoms with Gasteiger partial charge in [0.15, 0.2) is 0 Å². The molecule has 0 aliphatic heterocycles. The Bertz CT molecular complexity index is 410. The fraction of sp³-hybridized carbons (Fsp3) is 0.971. The van der Waals surface area contributed by atoms with E-state index in [0.29, 0.717) is 0 Å². The molecule has 0 saturated heterocycles. The molecule has 0 bridgehead atoms. The molecule has 0 rings (SSSR count). The molecule has 3 nitrogen and oxygen atoms in total. The highest BCUT2D eigenvalue weighted by Crippen LogP contribution is 2.16. The van der Waals surface area contributed by atoms with Crippen molar-refractivity contribution in [3.8, 4) is 0 Å². The molecule has 38 heavy (non-hydrogen) atoms. The van der Waals surface area contributed by atoms with Crippen molar-refractivity contribution in [3.05, 3.63) is 0 Å². The van der Waals surface area contributed by atoms with Crippen LogP contribution in [0.3, 0.4) is 0 Å². The molecule has 0 amide bonds. The molecule has 0 aromatic carbocycles. The number of nitrogens with zero attached hydrogens (tertiary/aromatic N) is 1. The second kappa shape index (κ2) is 32.6. The summed E-state index contributed by atoms with van der Waals surface area (Å²) in [6.45, 7) is 13.4. The van der Waals surface area contributed by atoms with Gasteiger partial charge in [-0.25, -0.2) is 0 Å². The maximum Gasteiger partial charge on any atom is 0.0784 e. The first-order valence-electron chi connectivity index (χ1n) is 17.5. The van der Waals surface area contributed by atoms with Crippen LogP contribution in [-0.4, -0.2) is 37.1 Å². The summed E-state index contributed by atoms with van der Waals surface area (Å²) in [4.78, 5) is 10.0. The van der Waals surface area contributed by atoms with Crippen molar-refractivity contribution >= 4 is 5.97 Å². The molecule has 0 atom stereocenters. The molecule has 0 aromatic heterocycles. The predicted octanol–water partition coefficient (Wildman–Crippen LogP) is 10.4. The summed E-state index contributed by atoms with van der Waals surface area (Å²) in [5.74, 6) is -0.913. The Labute approximate surface area is 241 Å². The van der Waals surface area contributed by atoms with E-state index in [2.05, 4.69) is 34.7 Å². The zero-order valence-corrected chi connectivity index (χ0v) is 27.3. The molecule has 0 spiro atoms. The molecule has 0 fully saturated rings. The second-order valence-corrected chi connectivity index (χ2v) is 12.3. The Balaban J connectivity index is 0. The van der Waals surface area contributed by atoms with Crippen molar-refractivity contribution in [3.63, 3.8) is 0 Å². The molecule has 0 aliphatic rings. The minimum Gasteiger partial charge on any atom is -0.550 e. The number of carbonyl (C=O) groups excluding carboxylic acids is 1. The molecule has 3 heteroatoms. The van der Waals surface area contributed by atoms with Crippen molar-refractivity contribution < 1.29 is 14.4 Å². The van der Waals surface area contributed by atoms with Gasteiger partial charge in [0.05, 0.1) is 26.7 Å². The summed E-state index contributed by atoms with van der Waals surface area (Å²) in [5.41, 5.74) is 0. The first-order valence-corrected chi connectivity index (χ1v) is 17.5. The van der Waals surface area contributed by atoms with E-state index < -0.39 is 5.97 Å². The summed E-state index contributed by atoms with van der Waals surface area (Å²) < 4.78 is 1.36. The van der Waals surface area contributed by atoms with Gasteiger partial charge in [0, 0.05) is 5.97 Å². The third-order valence-corrected chi connectivity index (χ3v) is 8.14. The highest BCUT2D eigenvalue weighted by Gasteiger charge is 2.20. The van der Waals surface area contributed by atoms with Crippen molar-refractivity contribution in [1.29, 1.82) is 0 Å². The largest absolute Gasteiger partial charge is 0.550 e. The SMILES string of the molecule is CCCCCCCCCC(=O)[O-].CCCCCCCC[N+](C)(CCCCCCCC)CCCCCCCC. The average molecular weight is 540 g/mol. The van der Waals surface area contributed by atoms with Gasteiger partial charge in [-0.05, 0) is 51.4 Å². The fourth-order valence-corrected chi connectivity index (χ4v) is 5.38. The molecule has 0 unspecified atom stereocenters. The standard InChI is InChI=1S/C25H54N.C10H20O2/c1-5-8-11-14-17-20-23-26(4,24-21-18-15-12-9-6-2)25-22-19-16-13-10-7-3;1-2-3-4-5-6-7-8-9-10(11)12/h5-25H2,1-4H3;2-9H2,1H3,(H,11,12)/q+1;/p-1. The molecule has 0 N–H and O–H groups in total.